The predicted octanol–water partition coefficient (Wildman–Crippen LogP) is 1.35. The summed E-state index contributed by atoms with van der Waals surface area (Å²) in [5.74, 6) is -0.499. The van der Waals surface area contributed by atoms with Gasteiger partial charge in [-0.25, -0.2) is 12.8 Å². The van der Waals surface area contributed by atoms with Gasteiger partial charge in [-0.2, -0.15) is 4.31 Å². The lowest BCUT2D eigenvalue weighted by Gasteiger charge is -2.16. The first-order chi connectivity index (χ1) is 8.45. The minimum atomic E-state index is -3.75. The van der Waals surface area contributed by atoms with Crippen LogP contribution >= 0.6 is 0 Å². The van der Waals surface area contributed by atoms with E-state index in [1.165, 1.54) is 16.4 Å². The van der Waals surface area contributed by atoms with Gasteiger partial charge in [0.25, 0.3) is 0 Å². The Morgan fingerprint density at radius 3 is 2.72 bits per heavy atom. The highest BCUT2D eigenvalue weighted by atomic mass is 32.2. The molecule has 6 heteroatoms. The van der Waals surface area contributed by atoms with E-state index in [2.05, 4.69) is 0 Å². The second-order valence-electron chi connectivity index (χ2n) is 4.68. The van der Waals surface area contributed by atoms with Gasteiger partial charge in [0.05, 0.1) is 6.61 Å². The van der Waals surface area contributed by atoms with E-state index < -0.39 is 15.8 Å². The average Bonchev–Trinajstić information content (AvgIpc) is 2.76. The van der Waals surface area contributed by atoms with E-state index in [1.54, 1.807) is 0 Å². The van der Waals surface area contributed by atoms with Crippen molar-refractivity contribution >= 4 is 10.0 Å². The third-order valence-electron chi connectivity index (χ3n) is 3.18. The van der Waals surface area contributed by atoms with Crippen molar-refractivity contribution in [3.05, 3.63) is 29.6 Å². The number of halogens is 1. The van der Waals surface area contributed by atoms with Crippen molar-refractivity contribution in [2.45, 2.75) is 24.8 Å². The van der Waals surface area contributed by atoms with Crippen molar-refractivity contribution in [2.24, 2.45) is 5.92 Å². The number of rotatable bonds is 3. The van der Waals surface area contributed by atoms with E-state index in [4.69, 9.17) is 5.11 Å². The molecule has 1 heterocycles. The molecule has 1 N–H and O–H groups in total. The maximum absolute atomic E-state index is 13.8. The molecule has 1 atom stereocenters. The summed E-state index contributed by atoms with van der Waals surface area (Å²) in [6.45, 7) is 2.53. The van der Waals surface area contributed by atoms with Crippen LogP contribution in [0.25, 0.3) is 0 Å². The zero-order chi connectivity index (χ0) is 13.3. The minimum absolute atomic E-state index is 0.305. The van der Waals surface area contributed by atoms with Gasteiger partial charge in [-0.3, -0.25) is 0 Å². The fourth-order valence-electron chi connectivity index (χ4n) is 2.10. The standard InChI is InChI=1S/C12H16FNO3S/c1-9-4-5-14(7-9)18(16,17)12-3-2-10(8-15)6-11(12)13/h2-3,6,9,15H,4-5,7-8H2,1H3. The molecular formula is C12H16FNO3S. The third kappa shape index (κ3) is 2.41. The molecule has 0 aromatic heterocycles. The Labute approximate surface area is 106 Å². The van der Waals surface area contributed by atoms with Gasteiger partial charge in [0, 0.05) is 13.1 Å². The smallest absolute Gasteiger partial charge is 0.245 e. The molecule has 1 saturated heterocycles. The van der Waals surface area contributed by atoms with Crippen LogP contribution in [0.15, 0.2) is 23.1 Å². The van der Waals surface area contributed by atoms with Gasteiger partial charge in [0.2, 0.25) is 10.0 Å². The van der Waals surface area contributed by atoms with Crippen molar-refractivity contribution < 1.29 is 17.9 Å². The van der Waals surface area contributed by atoms with Crippen molar-refractivity contribution in [3.8, 4) is 0 Å². The molecule has 100 valence electrons. The number of hydrogen-bond acceptors (Lipinski definition) is 3. The monoisotopic (exact) mass is 273 g/mol. The van der Waals surface area contributed by atoms with Crippen LogP contribution in [0.2, 0.25) is 0 Å². The summed E-state index contributed by atoms with van der Waals surface area (Å²) in [5.41, 5.74) is 0.362. The quantitative estimate of drug-likeness (QED) is 0.904. The first kappa shape index (κ1) is 13.5. The van der Waals surface area contributed by atoms with E-state index in [-0.39, 0.29) is 11.5 Å². The molecule has 0 saturated carbocycles. The van der Waals surface area contributed by atoms with Crippen LogP contribution in [0.3, 0.4) is 0 Å². The zero-order valence-corrected chi connectivity index (χ0v) is 11.0. The topological polar surface area (TPSA) is 57.6 Å². The van der Waals surface area contributed by atoms with Crippen molar-refractivity contribution in [3.63, 3.8) is 0 Å². The summed E-state index contributed by atoms with van der Waals surface area (Å²) in [5, 5.41) is 8.88. The molecule has 18 heavy (non-hydrogen) atoms. The first-order valence-electron chi connectivity index (χ1n) is 5.84. The molecule has 1 aliphatic rings. The number of sulfonamides is 1. The van der Waals surface area contributed by atoms with Crippen LogP contribution in [-0.4, -0.2) is 30.9 Å². The predicted molar refractivity (Wildman–Crippen MR) is 64.9 cm³/mol. The fourth-order valence-corrected chi connectivity index (χ4v) is 3.72. The minimum Gasteiger partial charge on any atom is -0.392 e. The SMILES string of the molecule is CC1CCN(S(=O)(=O)c2ccc(CO)cc2F)C1. The Morgan fingerprint density at radius 1 is 1.50 bits per heavy atom. The Balaban J connectivity index is 2.36. The average molecular weight is 273 g/mol. The van der Waals surface area contributed by atoms with Crippen LogP contribution in [0, 0.1) is 11.7 Å². The number of benzene rings is 1. The maximum atomic E-state index is 13.8. The summed E-state index contributed by atoms with van der Waals surface area (Å²) in [4.78, 5) is -0.311. The summed E-state index contributed by atoms with van der Waals surface area (Å²) in [6.07, 6.45) is 0.801. The molecule has 2 rings (SSSR count). The van der Waals surface area contributed by atoms with Crippen LogP contribution in [0.1, 0.15) is 18.9 Å². The molecule has 0 aliphatic carbocycles. The van der Waals surface area contributed by atoms with Crippen LogP contribution in [-0.2, 0) is 16.6 Å². The molecule has 1 aromatic carbocycles. The highest BCUT2D eigenvalue weighted by Gasteiger charge is 2.32. The Kier molecular flexibility index (Phi) is 3.70. The van der Waals surface area contributed by atoms with Crippen molar-refractivity contribution in [1.82, 2.24) is 4.31 Å². The van der Waals surface area contributed by atoms with Gasteiger partial charge >= 0.3 is 0 Å². The molecule has 1 fully saturated rings. The summed E-state index contributed by atoms with van der Waals surface area (Å²) < 4.78 is 39.5. The number of aliphatic hydroxyl groups is 1. The molecule has 0 radical (unpaired) electrons. The van der Waals surface area contributed by atoms with Crippen LogP contribution in [0.5, 0.6) is 0 Å². The molecule has 1 unspecified atom stereocenters. The van der Waals surface area contributed by atoms with Gasteiger partial charge < -0.3 is 5.11 Å². The Hall–Kier alpha value is -0.980. The molecule has 0 amide bonds. The van der Waals surface area contributed by atoms with Crippen molar-refractivity contribution in [1.29, 1.82) is 0 Å². The number of nitrogens with zero attached hydrogens (tertiary/aromatic N) is 1. The molecular weight excluding hydrogens is 257 g/mol. The largest absolute Gasteiger partial charge is 0.392 e. The van der Waals surface area contributed by atoms with E-state index in [0.29, 0.717) is 24.6 Å². The molecule has 1 aromatic rings. The maximum Gasteiger partial charge on any atom is 0.245 e. The van der Waals surface area contributed by atoms with Gasteiger partial charge in [0.15, 0.2) is 0 Å². The van der Waals surface area contributed by atoms with E-state index in [9.17, 15) is 12.8 Å². The zero-order valence-electron chi connectivity index (χ0n) is 10.1. The number of aliphatic hydroxyl groups excluding tert-OH is 1. The molecule has 4 nitrogen and oxygen atoms in total. The second kappa shape index (κ2) is 4.95. The van der Waals surface area contributed by atoms with Gasteiger partial charge in [-0.05, 0) is 30.0 Å². The van der Waals surface area contributed by atoms with Gasteiger partial charge in [0.1, 0.15) is 10.7 Å². The van der Waals surface area contributed by atoms with Crippen molar-refractivity contribution in [2.75, 3.05) is 13.1 Å². The molecule has 1 aliphatic heterocycles. The van der Waals surface area contributed by atoms with Crippen LogP contribution < -0.4 is 0 Å². The lowest BCUT2D eigenvalue weighted by Crippen LogP contribution is -2.29. The normalized spacial score (nSPS) is 21.4. The van der Waals surface area contributed by atoms with E-state index in [1.807, 2.05) is 6.92 Å². The summed E-state index contributed by atoms with van der Waals surface area (Å²) >= 11 is 0. The number of hydrogen-bond donors (Lipinski definition) is 1. The van der Waals surface area contributed by atoms with E-state index in [0.717, 1.165) is 12.5 Å². The molecule has 0 spiro atoms. The highest BCUT2D eigenvalue weighted by molar-refractivity contribution is 7.89. The summed E-state index contributed by atoms with van der Waals surface area (Å²) in [6, 6.07) is 3.71. The Morgan fingerprint density at radius 2 is 2.22 bits per heavy atom. The fraction of sp³-hybridized carbons (Fsp3) is 0.500. The van der Waals surface area contributed by atoms with Gasteiger partial charge in [-0.15, -0.1) is 0 Å². The summed E-state index contributed by atoms with van der Waals surface area (Å²) in [7, 11) is -3.75. The highest BCUT2D eigenvalue weighted by Crippen LogP contribution is 2.26. The van der Waals surface area contributed by atoms with Crippen LogP contribution in [0.4, 0.5) is 4.39 Å². The second-order valence-corrected chi connectivity index (χ2v) is 6.59. The lowest BCUT2D eigenvalue weighted by atomic mass is 10.2. The third-order valence-corrected chi connectivity index (χ3v) is 5.08. The van der Waals surface area contributed by atoms with E-state index >= 15 is 0 Å². The molecule has 0 bridgehead atoms. The lowest BCUT2D eigenvalue weighted by molar-refractivity contribution is 0.281. The Bertz CT molecular complexity index is 544. The first-order valence-corrected chi connectivity index (χ1v) is 7.28. The van der Waals surface area contributed by atoms with Gasteiger partial charge in [-0.1, -0.05) is 13.0 Å².